The number of nitrogens with zero attached hydrogens (tertiary/aromatic N) is 2. The van der Waals surface area contributed by atoms with Gasteiger partial charge in [-0.05, 0) is 50.2 Å². The summed E-state index contributed by atoms with van der Waals surface area (Å²) in [6.07, 6.45) is 1.52. The van der Waals surface area contributed by atoms with E-state index in [1.807, 2.05) is 31.2 Å². The second-order valence-corrected chi connectivity index (χ2v) is 10.7. The molecular formula is C22H20N4O4S3. The summed E-state index contributed by atoms with van der Waals surface area (Å²) < 4.78 is 33.0. The highest BCUT2D eigenvalue weighted by Crippen LogP contribution is 2.23. The van der Waals surface area contributed by atoms with E-state index in [0.29, 0.717) is 21.3 Å². The highest BCUT2D eigenvalue weighted by Gasteiger charge is 2.18. The summed E-state index contributed by atoms with van der Waals surface area (Å²) >= 11 is 2.45. The van der Waals surface area contributed by atoms with Crippen molar-refractivity contribution in [3.63, 3.8) is 0 Å². The van der Waals surface area contributed by atoms with Gasteiger partial charge in [-0.1, -0.05) is 17.7 Å². The van der Waals surface area contributed by atoms with Crippen LogP contribution in [0.15, 0.2) is 65.0 Å². The van der Waals surface area contributed by atoms with Crippen LogP contribution < -0.4 is 14.8 Å². The molecule has 0 spiro atoms. The molecular weight excluding hydrogens is 480 g/mol. The summed E-state index contributed by atoms with van der Waals surface area (Å²) in [4.78, 5) is 21.6. The molecule has 4 rings (SSSR count). The van der Waals surface area contributed by atoms with E-state index in [4.69, 9.17) is 4.74 Å². The number of anilines is 2. The van der Waals surface area contributed by atoms with Crippen molar-refractivity contribution in [3.05, 3.63) is 81.2 Å². The van der Waals surface area contributed by atoms with E-state index in [9.17, 15) is 13.2 Å². The predicted molar refractivity (Wildman–Crippen MR) is 130 cm³/mol. The minimum Gasteiger partial charge on any atom is -0.486 e. The SMILES string of the molecule is Cc1ccc(OCc2nc(C)c(C(=O)Nc3ccc(S(=O)(=O)Nc4nccs4)cc3)s2)cc1. The largest absolute Gasteiger partial charge is 0.486 e. The number of hydrogen-bond donors (Lipinski definition) is 2. The maximum Gasteiger partial charge on any atom is 0.267 e. The summed E-state index contributed by atoms with van der Waals surface area (Å²) in [5.74, 6) is 0.418. The van der Waals surface area contributed by atoms with Gasteiger partial charge in [0.25, 0.3) is 15.9 Å². The van der Waals surface area contributed by atoms with Crippen molar-refractivity contribution in [2.75, 3.05) is 10.0 Å². The number of carbonyl (C=O) groups is 1. The number of rotatable bonds is 8. The number of aryl methyl sites for hydroxylation is 2. The average Bonchev–Trinajstić information content (AvgIpc) is 3.42. The van der Waals surface area contributed by atoms with Gasteiger partial charge in [0.2, 0.25) is 0 Å². The van der Waals surface area contributed by atoms with E-state index >= 15 is 0 Å². The number of hydrogen-bond acceptors (Lipinski definition) is 8. The first-order valence-corrected chi connectivity index (χ1v) is 13.0. The molecule has 0 aliphatic heterocycles. The number of aromatic nitrogens is 2. The molecule has 2 N–H and O–H groups in total. The molecule has 0 bridgehead atoms. The van der Waals surface area contributed by atoms with E-state index in [0.717, 1.165) is 11.3 Å². The Morgan fingerprint density at radius 2 is 1.79 bits per heavy atom. The van der Waals surface area contributed by atoms with Crippen molar-refractivity contribution in [2.24, 2.45) is 0 Å². The first-order chi connectivity index (χ1) is 15.8. The zero-order chi connectivity index (χ0) is 23.4. The smallest absolute Gasteiger partial charge is 0.267 e. The van der Waals surface area contributed by atoms with Crippen molar-refractivity contribution >= 4 is 49.4 Å². The van der Waals surface area contributed by atoms with Gasteiger partial charge in [-0.2, -0.15) is 0 Å². The van der Waals surface area contributed by atoms with Crippen LogP contribution in [-0.4, -0.2) is 24.3 Å². The van der Waals surface area contributed by atoms with Gasteiger partial charge in [-0.15, -0.1) is 22.7 Å². The monoisotopic (exact) mass is 500 g/mol. The van der Waals surface area contributed by atoms with Gasteiger partial charge < -0.3 is 10.1 Å². The van der Waals surface area contributed by atoms with Crippen LogP contribution in [0.5, 0.6) is 5.75 Å². The number of nitrogens with one attached hydrogen (secondary N) is 2. The maximum atomic E-state index is 12.7. The summed E-state index contributed by atoms with van der Waals surface area (Å²) in [6, 6.07) is 13.6. The summed E-state index contributed by atoms with van der Waals surface area (Å²) in [5, 5.41) is 5.44. The normalized spacial score (nSPS) is 11.2. The Kier molecular flexibility index (Phi) is 6.72. The van der Waals surface area contributed by atoms with Crippen LogP contribution in [0.1, 0.15) is 25.9 Å². The van der Waals surface area contributed by atoms with Crippen LogP contribution in [0.4, 0.5) is 10.8 Å². The number of thiazole rings is 2. The van der Waals surface area contributed by atoms with Gasteiger partial charge in [-0.3, -0.25) is 9.52 Å². The van der Waals surface area contributed by atoms with Crippen molar-refractivity contribution in [2.45, 2.75) is 25.3 Å². The first kappa shape index (κ1) is 22.9. The van der Waals surface area contributed by atoms with Crippen molar-refractivity contribution in [3.8, 4) is 5.75 Å². The fraction of sp³-hybridized carbons (Fsp3) is 0.136. The molecule has 170 valence electrons. The summed E-state index contributed by atoms with van der Waals surface area (Å²) in [6.45, 7) is 4.03. The third kappa shape index (κ3) is 5.75. The Morgan fingerprint density at radius 1 is 1.06 bits per heavy atom. The van der Waals surface area contributed by atoms with Gasteiger partial charge in [0.15, 0.2) is 5.13 Å². The molecule has 2 aromatic heterocycles. The fourth-order valence-electron chi connectivity index (χ4n) is 2.86. The Bertz CT molecular complexity index is 1350. The highest BCUT2D eigenvalue weighted by molar-refractivity contribution is 7.93. The van der Waals surface area contributed by atoms with Crippen LogP contribution in [0.2, 0.25) is 0 Å². The van der Waals surface area contributed by atoms with Crippen molar-refractivity contribution < 1.29 is 17.9 Å². The quantitative estimate of drug-likeness (QED) is 0.358. The molecule has 0 atom stereocenters. The van der Waals surface area contributed by atoms with Gasteiger partial charge in [-0.25, -0.2) is 18.4 Å². The summed E-state index contributed by atoms with van der Waals surface area (Å²) in [5.41, 5.74) is 2.22. The Morgan fingerprint density at radius 3 is 2.45 bits per heavy atom. The number of sulfonamides is 1. The van der Waals surface area contributed by atoms with Gasteiger partial charge >= 0.3 is 0 Å². The van der Waals surface area contributed by atoms with E-state index in [1.54, 1.807) is 12.3 Å². The zero-order valence-corrected chi connectivity index (χ0v) is 20.2. The van der Waals surface area contributed by atoms with Crippen LogP contribution >= 0.6 is 22.7 Å². The number of amides is 1. The lowest BCUT2D eigenvalue weighted by atomic mass is 10.2. The molecule has 33 heavy (non-hydrogen) atoms. The lowest BCUT2D eigenvalue weighted by Gasteiger charge is -2.07. The number of ether oxygens (including phenoxy) is 1. The number of benzene rings is 2. The molecule has 0 fully saturated rings. The molecule has 0 saturated carbocycles. The molecule has 0 saturated heterocycles. The minimum atomic E-state index is -3.75. The standard InChI is InChI=1S/C22H20N4O4S3/c1-14-3-7-17(8-4-14)30-13-19-24-15(2)20(32-19)21(27)25-16-5-9-18(10-6-16)33(28,29)26-22-23-11-12-31-22/h3-12H,13H2,1-2H3,(H,23,26)(H,25,27). The molecule has 0 aliphatic rings. The lowest BCUT2D eigenvalue weighted by molar-refractivity contribution is 0.103. The average molecular weight is 501 g/mol. The maximum absolute atomic E-state index is 12.7. The van der Waals surface area contributed by atoms with Crippen molar-refractivity contribution in [1.29, 1.82) is 0 Å². The van der Waals surface area contributed by atoms with Gasteiger partial charge in [0, 0.05) is 17.3 Å². The molecule has 4 aromatic rings. The second-order valence-electron chi connectivity index (χ2n) is 7.05. The molecule has 0 radical (unpaired) electrons. The molecule has 2 heterocycles. The van der Waals surface area contributed by atoms with E-state index in [2.05, 4.69) is 20.0 Å². The Balaban J connectivity index is 1.39. The molecule has 1 amide bonds. The highest BCUT2D eigenvalue weighted by atomic mass is 32.2. The first-order valence-electron chi connectivity index (χ1n) is 9.80. The fourth-order valence-corrected chi connectivity index (χ4v) is 5.52. The van der Waals surface area contributed by atoms with Crippen molar-refractivity contribution in [1.82, 2.24) is 9.97 Å². The Labute approximate surface area is 199 Å². The molecule has 0 unspecified atom stereocenters. The van der Waals surface area contributed by atoms with E-state index in [-0.39, 0.29) is 22.5 Å². The second kappa shape index (κ2) is 9.69. The molecule has 11 heteroatoms. The van der Waals surface area contributed by atoms with Crippen LogP contribution in [0.3, 0.4) is 0 Å². The molecule has 0 aliphatic carbocycles. The van der Waals surface area contributed by atoms with E-state index in [1.165, 1.54) is 53.1 Å². The minimum absolute atomic E-state index is 0.0696. The topological polar surface area (TPSA) is 110 Å². The predicted octanol–water partition coefficient (Wildman–Crippen LogP) is 4.85. The van der Waals surface area contributed by atoms with Crippen LogP contribution in [0.25, 0.3) is 0 Å². The zero-order valence-electron chi connectivity index (χ0n) is 17.7. The summed E-state index contributed by atoms with van der Waals surface area (Å²) in [7, 11) is -3.75. The van der Waals surface area contributed by atoms with Gasteiger partial charge in [0.1, 0.15) is 22.2 Å². The molecule has 2 aromatic carbocycles. The third-order valence-electron chi connectivity index (χ3n) is 4.51. The third-order valence-corrected chi connectivity index (χ3v) is 7.81. The lowest BCUT2D eigenvalue weighted by Crippen LogP contribution is -2.14. The van der Waals surface area contributed by atoms with E-state index < -0.39 is 10.0 Å². The Hall–Kier alpha value is -3.28. The molecule has 8 nitrogen and oxygen atoms in total. The number of carbonyl (C=O) groups excluding carboxylic acids is 1. The van der Waals surface area contributed by atoms with Gasteiger partial charge in [0.05, 0.1) is 10.6 Å². The van der Waals surface area contributed by atoms with Crippen LogP contribution in [-0.2, 0) is 16.6 Å². The van der Waals surface area contributed by atoms with Crippen LogP contribution in [0, 0.1) is 13.8 Å².